The van der Waals surface area contributed by atoms with E-state index in [1.165, 1.54) is 12.1 Å². The second-order valence-electron chi connectivity index (χ2n) is 5.64. The molecule has 0 radical (unpaired) electrons. The first-order valence-electron chi connectivity index (χ1n) is 7.56. The second kappa shape index (κ2) is 5.79. The van der Waals surface area contributed by atoms with Crippen molar-refractivity contribution in [1.29, 1.82) is 0 Å². The highest BCUT2D eigenvalue weighted by Crippen LogP contribution is 2.21. The van der Waals surface area contributed by atoms with E-state index in [2.05, 4.69) is 16.5 Å². The van der Waals surface area contributed by atoms with Crippen LogP contribution < -0.4 is 0 Å². The number of non-ortho nitro benzene ring substituents is 1. The summed E-state index contributed by atoms with van der Waals surface area (Å²) in [6.45, 7) is 6.68. The molecule has 23 heavy (non-hydrogen) atoms. The van der Waals surface area contributed by atoms with Crippen LogP contribution in [0.1, 0.15) is 29.6 Å². The Balaban J connectivity index is 2.06. The summed E-state index contributed by atoms with van der Waals surface area (Å²) < 4.78 is 2.09. The molecule has 0 saturated heterocycles. The Morgan fingerprint density at radius 3 is 2.48 bits per heavy atom. The fraction of sp³-hybridized carbons (Fsp3) is 0.294. The number of fused-ring (bicyclic) bond motifs is 1. The van der Waals surface area contributed by atoms with Gasteiger partial charge in [0.2, 0.25) is 0 Å². The van der Waals surface area contributed by atoms with Gasteiger partial charge in [0.1, 0.15) is 11.3 Å². The maximum Gasteiger partial charge on any atom is 0.269 e. The Bertz CT molecular complexity index is 882. The van der Waals surface area contributed by atoms with Crippen LogP contribution in [0.15, 0.2) is 30.3 Å². The molecule has 0 bridgehead atoms. The van der Waals surface area contributed by atoms with Gasteiger partial charge in [-0.2, -0.15) is 0 Å². The van der Waals surface area contributed by atoms with Crippen molar-refractivity contribution < 1.29 is 4.92 Å². The van der Waals surface area contributed by atoms with Crippen molar-refractivity contribution in [2.24, 2.45) is 0 Å². The molecule has 118 valence electrons. The predicted molar refractivity (Wildman–Crippen MR) is 88.6 cm³/mol. The molecule has 6 nitrogen and oxygen atoms in total. The van der Waals surface area contributed by atoms with Gasteiger partial charge in [0, 0.05) is 24.2 Å². The van der Waals surface area contributed by atoms with E-state index < -0.39 is 0 Å². The SMILES string of the molecule is CCc1nc2c(C)cc(C)nc2n1Cc1ccc([N+](=O)[O-])cc1. The standard InChI is InChI=1S/C17H18N4O2/c1-4-15-19-16-11(2)9-12(3)18-17(16)20(15)10-13-5-7-14(8-6-13)21(22)23/h5-9H,4,10H2,1-3H3. The molecule has 3 rings (SSSR count). The van der Waals surface area contributed by atoms with Gasteiger partial charge in [-0.1, -0.05) is 19.1 Å². The molecule has 0 saturated carbocycles. The zero-order valence-corrected chi connectivity index (χ0v) is 13.4. The van der Waals surface area contributed by atoms with Gasteiger partial charge in [-0.05, 0) is 31.0 Å². The third-order valence-electron chi connectivity index (χ3n) is 3.91. The van der Waals surface area contributed by atoms with E-state index >= 15 is 0 Å². The van der Waals surface area contributed by atoms with Crippen LogP contribution in [0.4, 0.5) is 5.69 Å². The van der Waals surface area contributed by atoms with Crippen LogP contribution in [0.3, 0.4) is 0 Å². The molecule has 0 aliphatic rings. The van der Waals surface area contributed by atoms with E-state index in [-0.39, 0.29) is 10.6 Å². The van der Waals surface area contributed by atoms with Crippen molar-refractivity contribution in [2.75, 3.05) is 0 Å². The van der Waals surface area contributed by atoms with Crippen LogP contribution >= 0.6 is 0 Å². The van der Waals surface area contributed by atoms with Crippen LogP contribution in [0.25, 0.3) is 11.2 Å². The monoisotopic (exact) mass is 310 g/mol. The van der Waals surface area contributed by atoms with E-state index in [9.17, 15) is 10.1 Å². The van der Waals surface area contributed by atoms with Crippen LogP contribution in [-0.4, -0.2) is 19.5 Å². The minimum Gasteiger partial charge on any atom is -0.308 e. The number of pyridine rings is 1. The van der Waals surface area contributed by atoms with Gasteiger partial charge in [-0.15, -0.1) is 0 Å². The van der Waals surface area contributed by atoms with Crippen molar-refractivity contribution in [3.63, 3.8) is 0 Å². The second-order valence-corrected chi connectivity index (χ2v) is 5.64. The first-order chi connectivity index (χ1) is 11.0. The Kier molecular flexibility index (Phi) is 3.82. The fourth-order valence-electron chi connectivity index (χ4n) is 2.79. The van der Waals surface area contributed by atoms with Gasteiger partial charge in [-0.3, -0.25) is 10.1 Å². The van der Waals surface area contributed by atoms with Crippen molar-refractivity contribution in [1.82, 2.24) is 14.5 Å². The summed E-state index contributed by atoms with van der Waals surface area (Å²) in [6.07, 6.45) is 0.807. The highest BCUT2D eigenvalue weighted by atomic mass is 16.6. The third kappa shape index (κ3) is 2.79. The minimum absolute atomic E-state index is 0.102. The molecule has 1 aromatic carbocycles. The molecule has 0 atom stereocenters. The molecule has 0 spiro atoms. The van der Waals surface area contributed by atoms with Crippen molar-refractivity contribution in [2.45, 2.75) is 33.7 Å². The number of nitro benzene ring substituents is 1. The summed E-state index contributed by atoms with van der Waals surface area (Å²) in [5.41, 5.74) is 4.97. The normalized spacial score (nSPS) is 11.1. The Labute approximate surface area is 134 Å². The lowest BCUT2D eigenvalue weighted by atomic mass is 10.2. The smallest absolute Gasteiger partial charge is 0.269 e. The molecule has 0 amide bonds. The molecule has 0 aliphatic carbocycles. The summed E-state index contributed by atoms with van der Waals surface area (Å²) >= 11 is 0. The Morgan fingerprint density at radius 1 is 1.17 bits per heavy atom. The summed E-state index contributed by atoms with van der Waals surface area (Å²) in [5.74, 6) is 0.972. The topological polar surface area (TPSA) is 73.8 Å². The van der Waals surface area contributed by atoms with Gasteiger partial charge in [0.25, 0.3) is 5.69 Å². The van der Waals surface area contributed by atoms with E-state index in [1.807, 2.05) is 19.9 Å². The van der Waals surface area contributed by atoms with Crippen LogP contribution in [0.2, 0.25) is 0 Å². The van der Waals surface area contributed by atoms with Crippen LogP contribution in [-0.2, 0) is 13.0 Å². The number of aryl methyl sites for hydroxylation is 3. The van der Waals surface area contributed by atoms with E-state index in [0.717, 1.165) is 40.2 Å². The Morgan fingerprint density at radius 2 is 1.87 bits per heavy atom. The molecule has 2 aromatic heterocycles. The lowest BCUT2D eigenvalue weighted by Gasteiger charge is -2.08. The maximum atomic E-state index is 10.8. The van der Waals surface area contributed by atoms with Gasteiger partial charge in [0.15, 0.2) is 5.65 Å². The number of benzene rings is 1. The van der Waals surface area contributed by atoms with Crippen molar-refractivity contribution in [3.8, 4) is 0 Å². The number of hydrogen-bond donors (Lipinski definition) is 0. The summed E-state index contributed by atoms with van der Waals surface area (Å²) in [7, 11) is 0. The lowest BCUT2D eigenvalue weighted by Crippen LogP contribution is -2.05. The quantitative estimate of drug-likeness (QED) is 0.545. The largest absolute Gasteiger partial charge is 0.308 e. The number of aromatic nitrogens is 3. The molecule has 0 fully saturated rings. The number of hydrogen-bond acceptors (Lipinski definition) is 4. The average molecular weight is 310 g/mol. The molecule has 3 aromatic rings. The molecule has 0 N–H and O–H groups in total. The Hall–Kier alpha value is -2.76. The van der Waals surface area contributed by atoms with E-state index in [4.69, 9.17) is 4.98 Å². The summed E-state index contributed by atoms with van der Waals surface area (Å²) in [4.78, 5) is 19.7. The number of rotatable bonds is 4. The molecular formula is C17H18N4O2. The predicted octanol–water partition coefficient (Wildman–Crippen LogP) is 3.57. The van der Waals surface area contributed by atoms with Crippen molar-refractivity contribution in [3.05, 3.63) is 63.1 Å². The minimum atomic E-state index is -0.387. The fourth-order valence-corrected chi connectivity index (χ4v) is 2.79. The number of nitro groups is 1. The van der Waals surface area contributed by atoms with Gasteiger partial charge in [-0.25, -0.2) is 9.97 Å². The molecule has 0 aliphatic heterocycles. The van der Waals surface area contributed by atoms with Crippen molar-refractivity contribution >= 4 is 16.9 Å². The molecule has 2 heterocycles. The number of imidazole rings is 1. The zero-order valence-electron chi connectivity index (χ0n) is 13.4. The highest BCUT2D eigenvalue weighted by molar-refractivity contribution is 5.76. The highest BCUT2D eigenvalue weighted by Gasteiger charge is 2.14. The van der Waals surface area contributed by atoms with Gasteiger partial charge >= 0.3 is 0 Å². The first kappa shape index (κ1) is 15.1. The average Bonchev–Trinajstić information content (AvgIpc) is 2.86. The van der Waals surface area contributed by atoms with Gasteiger partial charge in [0.05, 0.1) is 11.5 Å². The maximum absolute atomic E-state index is 10.8. The van der Waals surface area contributed by atoms with E-state index in [1.54, 1.807) is 12.1 Å². The molecular weight excluding hydrogens is 292 g/mol. The first-order valence-corrected chi connectivity index (χ1v) is 7.56. The molecule has 6 heteroatoms. The lowest BCUT2D eigenvalue weighted by molar-refractivity contribution is -0.384. The third-order valence-corrected chi connectivity index (χ3v) is 3.91. The van der Waals surface area contributed by atoms with E-state index in [0.29, 0.717) is 6.54 Å². The van der Waals surface area contributed by atoms with Gasteiger partial charge < -0.3 is 4.57 Å². The van der Waals surface area contributed by atoms with Crippen LogP contribution in [0, 0.1) is 24.0 Å². The summed E-state index contributed by atoms with van der Waals surface area (Å²) in [6, 6.07) is 8.66. The summed E-state index contributed by atoms with van der Waals surface area (Å²) in [5, 5.41) is 10.8. The number of nitrogens with zero attached hydrogens (tertiary/aromatic N) is 4. The molecule has 0 unspecified atom stereocenters. The zero-order chi connectivity index (χ0) is 16.6. The van der Waals surface area contributed by atoms with Crippen LogP contribution in [0.5, 0.6) is 0 Å².